The maximum absolute atomic E-state index is 12.9. The van der Waals surface area contributed by atoms with Crippen molar-refractivity contribution >= 4 is 17.5 Å². The first-order chi connectivity index (χ1) is 10.7. The first kappa shape index (κ1) is 14.6. The average molecular weight is 311 g/mol. The standard InChI is InChI=1S/C18H15ClN2O/c19-16-10-5-4-9-15(16)17(22)21-12-6-11-18(21,13-20)14-7-2-1-3-8-14/h1-5,7-10H,6,11-12H2/t18-/m0/s1. The first-order valence-electron chi connectivity index (χ1n) is 7.22. The van der Waals surface area contributed by atoms with Crippen molar-refractivity contribution in [3.05, 3.63) is 70.7 Å². The minimum Gasteiger partial charge on any atom is -0.316 e. The Morgan fingerprint density at radius 2 is 1.82 bits per heavy atom. The van der Waals surface area contributed by atoms with Gasteiger partial charge in [-0.25, -0.2) is 0 Å². The summed E-state index contributed by atoms with van der Waals surface area (Å²) in [6.07, 6.45) is 1.45. The highest BCUT2D eigenvalue weighted by molar-refractivity contribution is 6.33. The van der Waals surface area contributed by atoms with Crippen LogP contribution in [0.15, 0.2) is 54.6 Å². The van der Waals surface area contributed by atoms with Crippen LogP contribution in [0.3, 0.4) is 0 Å². The van der Waals surface area contributed by atoms with Gasteiger partial charge in [-0.2, -0.15) is 5.26 Å². The fourth-order valence-corrected chi connectivity index (χ4v) is 3.29. The van der Waals surface area contributed by atoms with Crippen molar-refractivity contribution in [3.8, 4) is 6.07 Å². The quantitative estimate of drug-likeness (QED) is 0.841. The summed E-state index contributed by atoms with van der Waals surface area (Å²) in [5.74, 6) is -0.187. The van der Waals surface area contributed by atoms with E-state index >= 15 is 0 Å². The maximum atomic E-state index is 12.9. The molecule has 1 fully saturated rings. The van der Waals surface area contributed by atoms with E-state index in [0.29, 0.717) is 23.6 Å². The van der Waals surface area contributed by atoms with Crippen LogP contribution >= 0.6 is 11.6 Å². The van der Waals surface area contributed by atoms with Gasteiger partial charge in [-0.15, -0.1) is 0 Å². The van der Waals surface area contributed by atoms with E-state index in [9.17, 15) is 10.1 Å². The monoisotopic (exact) mass is 310 g/mol. The molecule has 0 unspecified atom stereocenters. The Hall–Kier alpha value is -2.31. The zero-order chi connectivity index (χ0) is 15.6. The van der Waals surface area contributed by atoms with Gasteiger partial charge in [0.1, 0.15) is 0 Å². The summed E-state index contributed by atoms with van der Waals surface area (Å²) in [6.45, 7) is 0.562. The largest absolute Gasteiger partial charge is 0.316 e. The normalized spacial score (nSPS) is 20.6. The van der Waals surface area contributed by atoms with Crippen molar-refractivity contribution in [3.63, 3.8) is 0 Å². The molecule has 0 N–H and O–H groups in total. The lowest BCUT2D eigenvalue weighted by Gasteiger charge is -2.33. The topological polar surface area (TPSA) is 44.1 Å². The lowest BCUT2D eigenvalue weighted by atomic mass is 9.88. The molecule has 22 heavy (non-hydrogen) atoms. The van der Waals surface area contributed by atoms with E-state index in [0.717, 1.165) is 12.0 Å². The molecule has 0 aliphatic carbocycles. The number of benzene rings is 2. The Labute approximate surface area is 134 Å². The molecule has 4 heteroatoms. The van der Waals surface area contributed by atoms with E-state index in [1.54, 1.807) is 29.2 Å². The molecule has 2 aromatic carbocycles. The van der Waals surface area contributed by atoms with Crippen LogP contribution in [0.4, 0.5) is 0 Å². The summed E-state index contributed by atoms with van der Waals surface area (Å²) < 4.78 is 0. The van der Waals surface area contributed by atoms with E-state index in [2.05, 4.69) is 6.07 Å². The molecular formula is C18H15ClN2O. The lowest BCUT2D eigenvalue weighted by molar-refractivity contribution is 0.0670. The van der Waals surface area contributed by atoms with Gasteiger partial charge in [0.25, 0.3) is 5.91 Å². The maximum Gasteiger partial charge on any atom is 0.256 e. The number of likely N-dealkylation sites (tertiary alicyclic amines) is 1. The summed E-state index contributed by atoms with van der Waals surface area (Å²) in [7, 11) is 0. The Kier molecular flexibility index (Phi) is 3.87. The number of hydrogen-bond donors (Lipinski definition) is 0. The number of halogens is 1. The number of rotatable bonds is 2. The summed E-state index contributed by atoms with van der Waals surface area (Å²) in [6, 6.07) is 18.9. The molecular weight excluding hydrogens is 296 g/mol. The molecule has 3 rings (SSSR count). The molecule has 0 bridgehead atoms. The number of nitriles is 1. The molecule has 3 nitrogen and oxygen atoms in total. The zero-order valence-electron chi connectivity index (χ0n) is 12.0. The van der Waals surface area contributed by atoms with Crippen molar-refractivity contribution in [2.45, 2.75) is 18.4 Å². The average Bonchev–Trinajstić information content (AvgIpc) is 3.01. The highest BCUT2D eigenvalue weighted by atomic mass is 35.5. The van der Waals surface area contributed by atoms with Crippen molar-refractivity contribution in [2.24, 2.45) is 0 Å². The number of carbonyl (C=O) groups excluding carboxylic acids is 1. The van der Waals surface area contributed by atoms with Gasteiger partial charge in [-0.05, 0) is 30.5 Å². The van der Waals surface area contributed by atoms with E-state index in [-0.39, 0.29) is 5.91 Å². The molecule has 110 valence electrons. The van der Waals surface area contributed by atoms with Gasteiger partial charge in [0, 0.05) is 6.54 Å². The highest BCUT2D eigenvalue weighted by Crippen LogP contribution is 2.39. The fourth-order valence-electron chi connectivity index (χ4n) is 3.07. The molecule has 1 aliphatic rings. The van der Waals surface area contributed by atoms with Gasteiger partial charge in [0.2, 0.25) is 0 Å². The first-order valence-corrected chi connectivity index (χ1v) is 7.60. The second kappa shape index (κ2) is 5.82. The molecule has 0 spiro atoms. The third-order valence-electron chi connectivity index (χ3n) is 4.17. The number of hydrogen-bond acceptors (Lipinski definition) is 2. The number of amides is 1. The number of carbonyl (C=O) groups is 1. The molecule has 0 aromatic heterocycles. The van der Waals surface area contributed by atoms with E-state index in [1.807, 2.05) is 30.3 Å². The van der Waals surface area contributed by atoms with Crippen LogP contribution in [0.5, 0.6) is 0 Å². The molecule has 0 radical (unpaired) electrons. The van der Waals surface area contributed by atoms with Crippen molar-refractivity contribution in [2.75, 3.05) is 6.54 Å². The fraction of sp³-hybridized carbons (Fsp3) is 0.222. The third kappa shape index (κ3) is 2.26. The van der Waals surface area contributed by atoms with E-state index in [1.165, 1.54) is 0 Å². The van der Waals surface area contributed by atoms with Gasteiger partial charge in [-0.3, -0.25) is 4.79 Å². The summed E-state index contributed by atoms with van der Waals surface area (Å²) in [5, 5.41) is 10.2. The smallest absolute Gasteiger partial charge is 0.256 e. The number of nitrogens with zero attached hydrogens (tertiary/aromatic N) is 2. The van der Waals surface area contributed by atoms with Crippen LogP contribution in [0.1, 0.15) is 28.8 Å². The third-order valence-corrected chi connectivity index (χ3v) is 4.50. The zero-order valence-corrected chi connectivity index (χ0v) is 12.8. The Morgan fingerprint density at radius 3 is 2.50 bits per heavy atom. The minimum absolute atomic E-state index is 0.187. The molecule has 1 saturated heterocycles. The predicted molar refractivity (Wildman–Crippen MR) is 85.5 cm³/mol. The summed E-state index contributed by atoms with van der Waals surface area (Å²) in [4.78, 5) is 14.6. The molecule has 1 aliphatic heterocycles. The highest BCUT2D eigenvalue weighted by Gasteiger charge is 2.45. The second-order valence-electron chi connectivity index (χ2n) is 5.38. The van der Waals surface area contributed by atoms with Crippen molar-refractivity contribution < 1.29 is 4.79 Å². The summed E-state index contributed by atoms with van der Waals surface area (Å²) >= 11 is 6.15. The molecule has 2 aromatic rings. The van der Waals surface area contributed by atoms with Gasteiger partial charge in [0.15, 0.2) is 5.54 Å². The van der Waals surface area contributed by atoms with Crippen LogP contribution in [0.25, 0.3) is 0 Å². The SMILES string of the molecule is N#C[C@]1(c2ccccc2)CCCN1C(=O)c1ccccc1Cl. The van der Waals surface area contributed by atoms with E-state index in [4.69, 9.17) is 11.6 Å². The predicted octanol–water partition coefficient (Wildman–Crippen LogP) is 4.00. The molecule has 1 heterocycles. The van der Waals surface area contributed by atoms with Crippen molar-refractivity contribution in [1.29, 1.82) is 5.26 Å². The molecule has 1 atom stereocenters. The molecule has 0 saturated carbocycles. The van der Waals surface area contributed by atoms with E-state index < -0.39 is 5.54 Å². The van der Waals surface area contributed by atoms with Crippen LogP contribution < -0.4 is 0 Å². The van der Waals surface area contributed by atoms with Crippen LogP contribution in [-0.2, 0) is 5.54 Å². The Bertz CT molecular complexity index is 738. The molecule has 1 amide bonds. The van der Waals surface area contributed by atoms with Crippen LogP contribution in [-0.4, -0.2) is 17.4 Å². The van der Waals surface area contributed by atoms with Crippen LogP contribution in [0.2, 0.25) is 5.02 Å². The van der Waals surface area contributed by atoms with Gasteiger partial charge >= 0.3 is 0 Å². The van der Waals surface area contributed by atoms with Crippen molar-refractivity contribution in [1.82, 2.24) is 4.90 Å². The lowest BCUT2D eigenvalue weighted by Crippen LogP contribution is -2.44. The Morgan fingerprint density at radius 1 is 1.14 bits per heavy atom. The minimum atomic E-state index is -0.905. The summed E-state index contributed by atoms with van der Waals surface area (Å²) in [5.41, 5.74) is 0.398. The van der Waals surface area contributed by atoms with Gasteiger partial charge < -0.3 is 4.90 Å². The van der Waals surface area contributed by atoms with Gasteiger partial charge in [-0.1, -0.05) is 54.1 Å². The van der Waals surface area contributed by atoms with Crippen LogP contribution in [0, 0.1) is 11.3 Å². The Balaban J connectivity index is 2.05. The second-order valence-corrected chi connectivity index (χ2v) is 5.79. The van der Waals surface area contributed by atoms with Gasteiger partial charge in [0.05, 0.1) is 16.7 Å².